The van der Waals surface area contributed by atoms with Crippen molar-refractivity contribution in [1.29, 1.82) is 0 Å². The minimum absolute atomic E-state index is 0.970. The van der Waals surface area contributed by atoms with E-state index in [9.17, 15) is 0 Å². The van der Waals surface area contributed by atoms with Crippen molar-refractivity contribution in [3.8, 4) is 12.3 Å². The molecule has 4 rings (SSSR count). The molecule has 3 aromatic rings. The summed E-state index contributed by atoms with van der Waals surface area (Å²) in [5, 5.41) is 7.41. The van der Waals surface area contributed by atoms with Gasteiger partial charge < -0.3 is 5.01 Å². The third-order valence-electron chi connectivity index (χ3n) is 5.45. The summed E-state index contributed by atoms with van der Waals surface area (Å²) in [5.41, 5.74) is 4.98. The quantitative estimate of drug-likeness (QED) is 0.595. The molecule has 1 aliphatic heterocycles. The average Bonchev–Trinajstić information content (AvgIpc) is 2.72. The van der Waals surface area contributed by atoms with Crippen LogP contribution in [0, 0.1) is 19.3 Å². The lowest BCUT2D eigenvalue weighted by Gasteiger charge is -2.41. The number of terminal acetylenes is 1. The van der Waals surface area contributed by atoms with Gasteiger partial charge in [0, 0.05) is 30.6 Å². The molecular weight excluding hydrogens is 328 g/mol. The molecule has 0 atom stereocenters. The molecule has 0 aliphatic carbocycles. The summed E-state index contributed by atoms with van der Waals surface area (Å²) < 4.78 is 0. The second-order valence-corrected chi connectivity index (χ2v) is 7.35. The number of nitrogens with zero attached hydrogens (tertiary/aromatic N) is 2. The van der Waals surface area contributed by atoms with E-state index in [1.165, 1.54) is 40.4 Å². The Morgan fingerprint density at radius 1 is 0.926 bits per heavy atom. The first-order valence-electron chi connectivity index (χ1n) is 9.82. The van der Waals surface area contributed by atoms with Crippen molar-refractivity contribution in [1.82, 2.24) is 5.01 Å². The summed E-state index contributed by atoms with van der Waals surface area (Å²) >= 11 is 0. The molecule has 3 aromatic carbocycles. The fraction of sp³-hybridized carbons (Fsp3) is 0.280. The van der Waals surface area contributed by atoms with Crippen LogP contribution in [0.5, 0.6) is 0 Å². The van der Waals surface area contributed by atoms with E-state index in [0.29, 0.717) is 0 Å². The third kappa shape index (κ3) is 3.70. The molecular formula is C25H26N2. The molecule has 0 radical (unpaired) electrons. The van der Waals surface area contributed by atoms with E-state index in [4.69, 9.17) is 6.42 Å². The minimum Gasteiger partial charge on any atom is -0.305 e. The number of benzene rings is 3. The van der Waals surface area contributed by atoms with Gasteiger partial charge in [-0.25, -0.2) is 5.01 Å². The maximum atomic E-state index is 5.72. The molecule has 136 valence electrons. The highest BCUT2D eigenvalue weighted by molar-refractivity contribution is 5.97. The van der Waals surface area contributed by atoms with Gasteiger partial charge in [0.05, 0.1) is 5.69 Å². The van der Waals surface area contributed by atoms with Crippen molar-refractivity contribution < 1.29 is 0 Å². The lowest BCUT2D eigenvalue weighted by Crippen LogP contribution is -2.48. The fourth-order valence-electron chi connectivity index (χ4n) is 4.08. The largest absolute Gasteiger partial charge is 0.305 e. The van der Waals surface area contributed by atoms with Gasteiger partial charge in [-0.05, 0) is 49.3 Å². The van der Waals surface area contributed by atoms with E-state index in [2.05, 4.69) is 83.5 Å². The van der Waals surface area contributed by atoms with Gasteiger partial charge in [-0.2, -0.15) is 0 Å². The van der Waals surface area contributed by atoms with Gasteiger partial charge in [0.1, 0.15) is 0 Å². The minimum atomic E-state index is 0.970. The van der Waals surface area contributed by atoms with Gasteiger partial charge in [0.2, 0.25) is 0 Å². The van der Waals surface area contributed by atoms with Crippen LogP contribution in [0.25, 0.3) is 10.8 Å². The maximum Gasteiger partial charge on any atom is 0.0601 e. The van der Waals surface area contributed by atoms with Crippen molar-refractivity contribution >= 4 is 16.5 Å². The van der Waals surface area contributed by atoms with Crippen LogP contribution in [-0.2, 0) is 6.42 Å². The lowest BCUT2D eigenvalue weighted by molar-refractivity contribution is 0.215. The zero-order chi connectivity index (χ0) is 18.6. The molecule has 1 fully saturated rings. The van der Waals surface area contributed by atoms with Gasteiger partial charge in [-0.3, -0.25) is 0 Å². The fourth-order valence-corrected chi connectivity index (χ4v) is 4.08. The molecule has 2 heteroatoms. The predicted molar refractivity (Wildman–Crippen MR) is 115 cm³/mol. The van der Waals surface area contributed by atoms with Crippen LogP contribution in [0.3, 0.4) is 0 Å². The lowest BCUT2D eigenvalue weighted by atomic mass is 10.0. The molecule has 0 aromatic heterocycles. The predicted octanol–water partition coefficient (Wildman–Crippen LogP) is 5.19. The second kappa shape index (κ2) is 7.86. The smallest absolute Gasteiger partial charge is 0.0601 e. The monoisotopic (exact) mass is 354 g/mol. The molecule has 0 saturated carbocycles. The van der Waals surface area contributed by atoms with E-state index in [0.717, 1.165) is 31.6 Å². The first-order valence-corrected chi connectivity index (χ1v) is 9.82. The normalized spacial score (nSPS) is 15.0. The van der Waals surface area contributed by atoms with Crippen LogP contribution in [0.1, 0.15) is 29.5 Å². The van der Waals surface area contributed by atoms with Crippen LogP contribution >= 0.6 is 0 Å². The molecule has 1 saturated heterocycles. The molecule has 0 N–H and O–H groups in total. The van der Waals surface area contributed by atoms with E-state index >= 15 is 0 Å². The number of anilines is 1. The first-order chi connectivity index (χ1) is 13.3. The van der Waals surface area contributed by atoms with E-state index in [1.807, 2.05) is 0 Å². The van der Waals surface area contributed by atoms with Crippen LogP contribution in [0.2, 0.25) is 0 Å². The van der Waals surface area contributed by atoms with Crippen LogP contribution in [-0.4, -0.2) is 24.6 Å². The number of hydrazine groups is 1. The summed E-state index contributed by atoms with van der Waals surface area (Å²) in [4.78, 5) is 0. The zero-order valence-electron chi connectivity index (χ0n) is 16.0. The van der Waals surface area contributed by atoms with Crippen molar-refractivity contribution in [2.75, 3.05) is 24.6 Å². The van der Waals surface area contributed by atoms with Crippen molar-refractivity contribution in [2.24, 2.45) is 0 Å². The Morgan fingerprint density at radius 2 is 1.74 bits per heavy atom. The Hall–Kier alpha value is -2.76. The number of fused-ring (bicyclic) bond motifs is 1. The Morgan fingerprint density at radius 3 is 2.56 bits per heavy atom. The van der Waals surface area contributed by atoms with Gasteiger partial charge in [0.15, 0.2) is 0 Å². The van der Waals surface area contributed by atoms with Gasteiger partial charge in [0.25, 0.3) is 0 Å². The standard InChI is InChI=1S/C25H26N2/c1-3-22-13-14-25(24-12-5-4-11-23(22)24)27-17-7-6-16-26(27)18-15-21-10-8-9-20(2)19-21/h1,4-5,8-14,19H,6-7,15-18H2,2H3. The molecule has 0 amide bonds. The highest BCUT2D eigenvalue weighted by atomic mass is 15.6. The van der Waals surface area contributed by atoms with Crippen LogP contribution in [0.15, 0.2) is 60.7 Å². The second-order valence-electron chi connectivity index (χ2n) is 7.35. The molecule has 2 nitrogen and oxygen atoms in total. The SMILES string of the molecule is C#Cc1ccc(N2CCCCN2CCc2cccc(C)c2)c2ccccc12. The number of hydrogen-bond donors (Lipinski definition) is 0. The molecule has 0 spiro atoms. The highest BCUT2D eigenvalue weighted by Gasteiger charge is 2.22. The number of hydrogen-bond acceptors (Lipinski definition) is 2. The first kappa shape index (κ1) is 17.6. The molecule has 1 heterocycles. The molecule has 0 bridgehead atoms. The van der Waals surface area contributed by atoms with Crippen LogP contribution in [0.4, 0.5) is 5.69 Å². The van der Waals surface area contributed by atoms with Crippen molar-refractivity contribution in [3.05, 3.63) is 77.4 Å². The Kier molecular flexibility index (Phi) is 5.14. The summed E-state index contributed by atoms with van der Waals surface area (Å²) in [5.74, 6) is 2.83. The highest BCUT2D eigenvalue weighted by Crippen LogP contribution is 2.32. The van der Waals surface area contributed by atoms with Crippen molar-refractivity contribution in [2.45, 2.75) is 26.2 Å². The third-order valence-corrected chi connectivity index (χ3v) is 5.45. The maximum absolute atomic E-state index is 5.72. The molecule has 0 unspecified atom stereocenters. The summed E-state index contributed by atoms with van der Waals surface area (Å²) in [6.07, 6.45) is 9.27. The Balaban J connectivity index is 1.63. The van der Waals surface area contributed by atoms with Gasteiger partial charge in [-0.1, -0.05) is 60.0 Å². The van der Waals surface area contributed by atoms with Gasteiger partial charge in [-0.15, -0.1) is 6.42 Å². The Labute approximate surface area is 162 Å². The average molecular weight is 354 g/mol. The van der Waals surface area contributed by atoms with Crippen LogP contribution < -0.4 is 5.01 Å². The molecule has 27 heavy (non-hydrogen) atoms. The molecule has 1 aliphatic rings. The van der Waals surface area contributed by atoms with E-state index < -0.39 is 0 Å². The summed E-state index contributed by atoms with van der Waals surface area (Å²) in [6.45, 7) is 5.37. The Bertz CT molecular complexity index is 983. The van der Waals surface area contributed by atoms with E-state index in [-0.39, 0.29) is 0 Å². The number of aryl methyl sites for hydroxylation is 1. The van der Waals surface area contributed by atoms with Gasteiger partial charge >= 0.3 is 0 Å². The van der Waals surface area contributed by atoms with Crippen molar-refractivity contribution in [3.63, 3.8) is 0 Å². The van der Waals surface area contributed by atoms with E-state index in [1.54, 1.807) is 0 Å². The number of rotatable bonds is 4. The summed E-state index contributed by atoms with van der Waals surface area (Å²) in [6, 6.07) is 21.6. The topological polar surface area (TPSA) is 6.48 Å². The zero-order valence-corrected chi connectivity index (χ0v) is 16.0. The summed E-state index contributed by atoms with van der Waals surface area (Å²) in [7, 11) is 0.